The summed E-state index contributed by atoms with van der Waals surface area (Å²) in [6.45, 7) is 15.8. The number of anilines is 2. The highest BCUT2D eigenvalue weighted by Crippen LogP contribution is 2.43. The average molecular weight is 845 g/mol. The lowest BCUT2D eigenvalue weighted by Crippen LogP contribution is -2.42. The van der Waals surface area contributed by atoms with Gasteiger partial charge in [-0.25, -0.2) is 0 Å². The van der Waals surface area contributed by atoms with Gasteiger partial charge in [0.25, 0.3) is 5.91 Å². The van der Waals surface area contributed by atoms with Gasteiger partial charge in [0.2, 0.25) is 6.41 Å². The number of amides is 2. The van der Waals surface area contributed by atoms with Crippen LogP contribution < -0.4 is 20.3 Å². The topological polar surface area (TPSA) is 98.9 Å². The minimum atomic E-state index is -0.353. The molecule has 9 nitrogen and oxygen atoms in total. The maximum absolute atomic E-state index is 14.8. The summed E-state index contributed by atoms with van der Waals surface area (Å²) in [6.07, 6.45) is 4.08. The molecular formula is C46H52Cl3N5O4. The quantitative estimate of drug-likeness (QED) is 0.108. The Morgan fingerprint density at radius 1 is 0.966 bits per heavy atom. The maximum atomic E-state index is 14.8. The van der Waals surface area contributed by atoms with Crippen molar-refractivity contribution in [3.63, 3.8) is 0 Å². The fraction of sp³-hybridized carbons (Fsp3) is 0.304. The zero-order valence-electron chi connectivity index (χ0n) is 34.1. The Morgan fingerprint density at radius 2 is 1.62 bits per heavy atom. The molecule has 1 aliphatic heterocycles. The van der Waals surface area contributed by atoms with Crippen LogP contribution in [0.4, 0.5) is 11.4 Å². The van der Waals surface area contributed by atoms with Crippen LogP contribution in [-0.4, -0.2) is 61.2 Å². The van der Waals surface area contributed by atoms with E-state index in [9.17, 15) is 9.59 Å². The zero-order valence-corrected chi connectivity index (χ0v) is 36.4. The molecular weight excluding hydrogens is 793 g/mol. The number of hydrogen-bond acceptors (Lipinski definition) is 6. The third kappa shape index (κ3) is 10.6. The maximum Gasteiger partial charge on any atom is 0.272 e. The fourth-order valence-electron chi connectivity index (χ4n) is 6.94. The Balaban J connectivity index is 0.000000992. The van der Waals surface area contributed by atoms with Crippen molar-refractivity contribution in [3.05, 3.63) is 135 Å². The largest absolute Gasteiger partial charge is 0.497 e. The van der Waals surface area contributed by atoms with Crippen molar-refractivity contribution in [2.24, 2.45) is 0 Å². The van der Waals surface area contributed by atoms with Crippen LogP contribution in [-0.2, 0) is 9.53 Å². The number of nitrogens with one attached hydrogen (secondary N) is 3. The molecule has 1 fully saturated rings. The lowest BCUT2D eigenvalue weighted by atomic mass is 9.95. The minimum Gasteiger partial charge on any atom is -0.497 e. The molecule has 3 N–H and O–H groups in total. The van der Waals surface area contributed by atoms with Crippen molar-refractivity contribution >= 4 is 80.7 Å². The van der Waals surface area contributed by atoms with E-state index in [1.54, 1.807) is 26.5 Å². The lowest BCUT2D eigenvalue weighted by Gasteiger charge is -2.34. The summed E-state index contributed by atoms with van der Waals surface area (Å²) in [5, 5.41) is 8.50. The number of aromatic amines is 1. The number of aromatic nitrogens is 1. The Hall–Kier alpha value is -4.93. The summed E-state index contributed by atoms with van der Waals surface area (Å²) in [6, 6.07) is 26.5. The molecule has 2 amide bonds. The third-order valence-corrected chi connectivity index (χ3v) is 11.1. The first-order chi connectivity index (χ1) is 27.7. The Labute approximate surface area is 356 Å². The SMILES string of the molecule is C=CN(/C(=C(\C)c1ccccc1)c1c(C(=O)Nc2cc(OC)ccc2N2CCC(NC=O)CC2)[nH]c2cc(Cl)ccc12)C(C)c1ccc(Cl)cc1Cl.COC(C)(C)C. The normalized spacial score (nSPS) is 14.1. The van der Waals surface area contributed by atoms with E-state index in [0.717, 1.165) is 52.7 Å². The summed E-state index contributed by atoms with van der Waals surface area (Å²) >= 11 is 19.6. The molecule has 1 aliphatic rings. The number of halogens is 3. The molecule has 0 saturated carbocycles. The lowest BCUT2D eigenvalue weighted by molar-refractivity contribution is -0.110. The van der Waals surface area contributed by atoms with E-state index in [0.29, 0.717) is 56.4 Å². The van der Waals surface area contributed by atoms with Crippen molar-refractivity contribution in [1.82, 2.24) is 15.2 Å². The van der Waals surface area contributed by atoms with Gasteiger partial charge in [-0.15, -0.1) is 0 Å². The van der Waals surface area contributed by atoms with E-state index in [1.165, 1.54) is 0 Å². The average Bonchev–Trinajstić information content (AvgIpc) is 3.58. The standard InChI is InChI=1S/C41H40Cl3N5O3.C5H12O/c1-5-49(26(3)32-14-11-28(42)21-34(32)44)40(25(2)27-9-7-6-8-10-27)38-33-15-12-29(43)22-35(33)46-39(38)41(51)47-36-23-31(52-4)13-16-37(36)48-19-17-30(18-20-48)45-24-50;1-5(2,3)6-4/h5-16,21-24,26,30,46H,1,17-20H2,2-4H3,(H,45,50)(H,47,51);1-4H3/b40-25+;. The van der Waals surface area contributed by atoms with Crippen LogP contribution in [0.5, 0.6) is 5.75 Å². The fourth-order valence-corrected chi connectivity index (χ4v) is 7.68. The number of piperidine rings is 1. The number of methoxy groups -OCH3 is 2. The molecule has 1 saturated heterocycles. The molecule has 5 aromatic rings. The Morgan fingerprint density at radius 3 is 2.22 bits per heavy atom. The number of allylic oxidation sites excluding steroid dienone is 1. The van der Waals surface area contributed by atoms with Crippen LogP contribution in [0.15, 0.2) is 97.7 Å². The highest BCUT2D eigenvalue weighted by atomic mass is 35.5. The number of benzene rings is 4. The van der Waals surface area contributed by atoms with Crippen molar-refractivity contribution in [1.29, 1.82) is 0 Å². The molecule has 1 unspecified atom stereocenters. The molecule has 0 bridgehead atoms. The number of ether oxygens (including phenoxy) is 2. The molecule has 1 aromatic heterocycles. The summed E-state index contributed by atoms with van der Waals surface area (Å²) in [7, 11) is 3.30. The van der Waals surface area contributed by atoms with E-state index in [1.807, 2.05) is 118 Å². The van der Waals surface area contributed by atoms with Crippen molar-refractivity contribution in [2.45, 2.75) is 65.1 Å². The van der Waals surface area contributed by atoms with E-state index >= 15 is 0 Å². The summed E-state index contributed by atoms with van der Waals surface area (Å²) in [5.41, 5.74) is 6.68. The highest BCUT2D eigenvalue weighted by Gasteiger charge is 2.30. The number of hydrogen-bond donors (Lipinski definition) is 3. The molecule has 306 valence electrons. The van der Waals surface area contributed by atoms with E-state index < -0.39 is 0 Å². The summed E-state index contributed by atoms with van der Waals surface area (Å²) in [4.78, 5) is 33.5. The first kappa shape index (κ1) is 44.2. The second-order valence-corrected chi connectivity index (χ2v) is 16.3. The zero-order chi connectivity index (χ0) is 42.1. The predicted octanol–water partition coefficient (Wildman–Crippen LogP) is 11.6. The number of nitrogens with zero attached hydrogens (tertiary/aromatic N) is 2. The molecule has 0 spiro atoms. The molecule has 6 rings (SSSR count). The summed E-state index contributed by atoms with van der Waals surface area (Å²) in [5.74, 6) is 0.251. The van der Waals surface area contributed by atoms with E-state index in [2.05, 4.69) is 27.1 Å². The molecule has 2 heterocycles. The number of fused-ring (bicyclic) bond motifs is 1. The first-order valence-electron chi connectivity index (χ1n) is 19.1. The smallest absolute Gasteiger partial charge is 0.272 e. The van der Waals surface area contributed by atoms with Crippen LogP contribution in [0.2, 0.25) is 15.1 Å². The van der Waals surface area contributed by atoms with Gasteiger partial charge in [-0.2, -0.15) is 0 Å². The third-order valence-electron chi connectivity index (χ3n) is 10.3. The number of carbonyl (C=O) groups excluding carboxylic acids is 2. The monoisotopic (exact) mass is 843 g/mol. The van der Waals surface area contributed by atoms with E-state index in [-0.39, 0.29) is 23.6 Å². The second kappa shape index (κ2) is 19.7. The van der Waals surface area contributed by atoms with Gasteiger partial charge in [-0.05, 0) is 107 Å². The van der Waals surface area contributed by atoms with Gasteiger partial charge in [0, 0.05) is 63.8 Å². The van der Waals surface area contributed by atoms with Gasteiger partial charge in [-0.1, -0.05) is 83.8 Å². The molecule has 0 radical (unpaired) electrons. The molecule has 4 aromatic carbocycles. The van der Waals surface area contributed by atoms with Gasteiger partial charge in [0.15, 0.2) is 0 Å². The van der Waals surface area contributed by atoms with E-state index in [4.69, 9.17) is 44.3 Å². The minimum absolute atomic E-state index is 0.0417. The molecule has 12 heteroatoms. The van der Waals surface area contributed by atoms with Crippen molar-refractivity contribution in [3.8, 4) is 5.75 Å². The molecule has 58 heavy (non-hydrogen) atoms. The highest BCUT2D eigenvalue weighted by molar-refractivity contribution is 6.35. The van der Waals surface area contributed by atoms with Crippen LogP contribution in [0.1, 0.15) is 80.7 Å². The van der Waals surface area contributed by atoms with Crippen LogP contribution >= 0.6 is 34.8 Å². The van der Waals surface area contributed by atoms with Gasteiger partial charge >= 0.3 is 0 Å². The number of carbonyl (C=O) groups is 2. The van der Waals surface area contributed by atoms with Gasteiger partial charge < -0.3 is 34.9 Å². The van der Waals surface area contributed by atoms with Crippen LogP contribution in [0.25, 0.3) is 22.2 Å². The van der Waals surface area contributed by atoms with Gasteiger partial charge in [0.1, 0.15) is 11.4 Å². The number of H-pyrrole nitrogens is 1. The molecule has 0 aliphatic carbocycles. The van der Waals surface area contributed by atoms with Crippen LogP contribution in [0, 0.1) is 0 Å². The van der Waals surface area contributed by atoms with Crippen molar-refractivity contribution in [2.75, 3.05) is 37.5 Å². The predicted molar refractivity (Wildman–Crippen MR) is 241 cm³/mol. The molecule has 1 atom stereocenters. The van der Waals surface area contributed by atoms with Crippen molar-refractivity contribution < 1.29 is 19.1 Å². The first-order valence-corrected chi connectivity index (χ1v) is 20.3. The number of rotatable bonds is 12. The Bertz CT molecular complexity index is 2260. The van der Waals surface area contributed by atoms with Gasteiger partial charge in [0.05, 0.1) is 35.8 Å². The second-order valence-electron chi connectivity index (χ2n) is 15.0. The van der Waals surface area contributed by atoms with Crippen LogP contribution in [0.3, 0.4) is 0 Å². The summed E-state index contributed by atoms with van der Waals surface area (Å²) < 4.78 is 10.5. The Kier molecular flexibility index (Phi) is 15.0. The van der Waals surface area contributed by atoms with Gasteiger partial charge in [-0.3, -0.25) is 9.59 Å².